The highest BCUT2D eigenvalue weighted by Crippen LogP contribution is 2.27. The van der Waals surface area contributed by atoms with Crippen LogP contribution in [0.5, 0.6) is 0 Å². The first-order chi connectivity index (χ1) is 8.11. The summed E-state index contributed by atoms with van der Waals surface area (Å²) in [6.45, 7) is 3.82. The van der Waals surface area contributed by atoms with E-state index >= 15 is 0 Å². The van der Waals surface area contributed by atoms with E-state index in [0.29, 0.717) is 11.6 Å². The van der Waals surface area contributed by atoms with Crippen molar-refractivity contribution in [3.63, 3.8) is 0 Å². The van der Waals surface area contributed by atoms with E-state index in [9.17, 15) is 9.59 Å². The minimum absolute atomic E-state index is 0.264. The molecular formula is C10H12N2O4S. The summed E-state index contributed by atoms with van der Waals surface area (Å²) in [6.07, 6.45) is -0.751. The second-order valence-electron chi connectivity index (χ2n) is 3.52. The minimum Gasteiger partial charge on any atom is -0.461 e. The second kappa shape index (κ2) is 4.70. The summed E-state index contributed by atoms with van der Waals surface area (Å²) < 4.78 is 9.78. The number of esters is 1. The number of cyclic esters (lactones) is 1. The molecule has 0 saturated carbocycles. The van der Waals surface area contributed by atoms with E-state index in [0.717, 1.165) is 0 Å². The Morgan fingerprint density at radius 3 is 3.06 bits per heavy atom. The fourth-order valence-electron chi connectivity index (χ4n) is 1.51. The Balaban J connectivity index is 2.13. The van der Waals surface area contributed by atoms with Crippen LogP contribution in [0.15, 0.2) is 5.38 Å². The van der Waals surface area contributed by atoms with Gasteiger partial charge in [-0.2, -0.15) is 0 Å². The number of aromatic nitrogens is 1. The molecule has 2 atom stereocenters. The van der Waals surface area contributed by atoms with E-state index in [1.807, 2.05) is 0 Å². The number of alkyl carbamates (subject to hydrolysis) is 1. The summed E-state index contributed by atoms with van der Waals surface area (Å²) in [4.78, 5) is 26.6. The third-order valence-corrected chi connectivity index (χ3v) is 3.24. The van der Waals surface area contributed by atoms with Crippen LogP contribution in [0.2, 0.25) is 0 Å². The molecule has 1 aliphatic rings. The van der Waals surface area contributed by atoms with Crippen LogP contribution < -0.4 is 5.32 Å². The smallest absolute Gasteiger partial charge is 0.408 e. The predicted octanol–water partition coefficient (Wildman–Crippen LogP) is 1.49. The number of hydrogen-bond donors (Lipinski definition) is 1. The Bertz CT molecular complexity index is 445. The molecule has 1 amide bonds. The van der Waals surface area contributed by atoms with Crippen LogP contribution in [0.1, 0.15) is 35.4 Å². The molecule has 1 aromatic heterocycles. The SMILES string of the molecule is CCOC(=O)c1csc(C2NC(=O)OC2C)n1. The number of carbonyl (C=O) groups excluding carboxylic acids is 2. The normalized spacial score (nSPS) is 23.1. The molecule has 0 aromatic carbocycles. The lowest BCUT2D eigenvalue weighted by atomic mass is 10.2. The Hall–Kier alpha value is -1.63. The van der Waals surface area contributed by atoms with E-state index < -0.39 is 12.1 Å². The number of nitrogens with one attached hydrogen (secondary N) is 1. The summed E-state index contributed by atoms with van der Waals surface area (Å²) in [6, 6.07) is -0.296. The number of ether oxygens (including phenoxy) is 2. The van der Waals surface area contributed by atoms with Crippen molar-refractivity contribution in [2.75, 3.05) is 6.61 Å². The van der Waals surface area contributed by atoms with E-state index in [1.54, 1.807) is 19.2 Å². The van der Waals surface area contributed by atoms with Gasteiger partial charge in [0.05, 0.1) is 6.61 Å². The van der Waals surface area contributed by atoms with Crippen molar-refractivity contribution >= 4 is 23.4 Å². The Morgan fingerprint density at radius 2 is 2.47 bits per heavy atom. The highest BCUT2D eigenvalue weighted by molar-refractivity contribution is 7.09. The van der Waals surface area contributed by atoms with Crippen molar-refractivity contribution in [2.24, 2.45) is 0 Å². The van der Waals surface area contributed by atoms with Crippen molar-refractivity contribution in [1.82, 2.24) is 10.3 Å². The Labute approximate surface area is 102 Å². The minimum atomic E-state index is -0.463. The van der Waals surface area contributed by atoms with Gasteiger partial charge >= 0.3 is 12.1 Å². The molecule has 0 radical (unpaired) electrons. The van der Waals surface area contributed by atoms with Crippen LogP contribution in [0.4, 0.5) is 4.79 Å². The van der Waals surface area contributed by atoms with Gasteiger partial charge < -0.3 is 14.8 Å². The lowest BCUT2D eigenvalue weighted by Crippen LogP contribution is -2.21. The van der Waals surface area contributed by atoms with Crippen molar-refractivity contribution < 1.29 is 19.1 Å². The van der Waals surface area contributed by atoms with Crippen LogP contribution in [0.3, 0.4) is 0 Å². The zero-order chi connectivity index (χ0) is 12.4. The van der Waals surface area contributed by atoms with Gasteiger partial charge in [0.25, 0.3) is 0 Å². The van der Waals surface area contributed by atoms with E-state index in [1.165, 1.54) is 11.3 Å². The maximum atomic E-state index is 11.4. The molecule has 6 nitrogen and oxygen atoms in total. The summed E-state index contributed by atoms with van der Waals surface area (Å²) in [5.41, 5.74) is 0.264. The molecule has 1 fully saturated rings. The van der Waals surface area contributed by atoms with Gasteiger partial charge in [0.15, 0.2) is 5.69 Å². The molecule has 2 unspecified atom stereocenters. The molecule has 1 aromatic rings. The molecule has 0 spiro atoms. The monoisotopic (exact) mass is 256 g/mol. The number of thiazole rings is 1. The lowest BCUT2D eigenvalue weighted by molar-refractivity contribution is 0.0519. The van der Waals surface area contributed by atoms with Crippen LogP contribution in [-0.4, -0.2) is 29.8 Å². The molecule has 7 heteroatoms. The number of carbonyl (C=O) groups is 2. The number of hydrogen-bond acceptors (Lipinski definition) is 6. The summed E-state index contributed by atoms with van der Waals surface area (Å²) >= 11 is 1.30. The Morgan fingerprint density at radius 1 is 1.71 bits per heavy atom. The van der Waals surface area contributed by atoms with E-state index in [4.69, 9.17) is 9.47 Å². The second-order valence-corrected chi connectivity index (χ2v) is 4.41. The topological polar surface area (TPSA) is 77.5 Å². The van der Waals surface area contributed by atoms with Crippen molar-refractivity contribution in [1.29, 1.82) is 0 Å². The molecule has 2 heterocycles. The molecular weight excluding hydrogens is 244 g/mol. The van der Waals surface area contributed by atoms with Crippen LogP contribution in [-0.2, 0) is 9.47 Å². The summed E-state index contributed by atoms with van der Waals surface area (Å²) in [5.74, 6) is -0.451. The first-order valence-electron chi connectivity index (χ1n) is 5.21. The van der Waals surface area contributed by atoms with Crippen LogP contribution in [0.25, 0.3) is 0 Å². The van der Waals surface area contributed by atoms with Gasteiger partial charge in [-0.05, 0) is 13.8 Å². The van der Waals surface area contributed by atoms with Gasteiger partial charge in [0, 0.05) is 5.38 Å². The van der Waals surface area contributed by atoms with Gasteiger partial charge in [0.1, 0.15) is 17.2 Å². The fraction of sp³-hybridized carbons (Fsp3) is 0.500. The van der Waals surface area contributed by atoms with Gasteiger partial charge in [0.2, 0.25) is 0 Å². The van der Waals surface area contributed by atoms with Gasteiger partial charge in [-0.25, -0.2) is 14.6 Å². The Kier molecular flexibility index (Phi) is 3.28. The average Bonchev–Trinajstić information content (AvgIpc) is 2.85. The molecule has 0 aliphatic carbocycles. The number of amides is 1. The molecule has 17 heavy (non-hydrogen) atoms. The lowest BCUT2D eigenvalue weighted by Gasteiger charge is -2.08. The van der Waals surface area contributed by atoms with Crippen LogP contribution >= 0.6 is 11.3 Å². The highest BCUT2D eigenvalue weighted by atomic mass is 32.1. The summed E-state index contributed by atoms with van der Waals surface area (Å²) in [7, 11) is 0. The van der Waals surface area contributed by atoms with Crippen molar-refractivity contribution in [3.8, 4) is 0 Å². The van der Waals surface area contributed by atoms with Gasteiger partial charge in [-0.1, -0.05) is 0 Å². The predicted molar refractivity (Wildman–Crippen MR) is 59.9 cm³/mol. The maximum Gasteiger partial charge on any atom is 0.408 e. The first kappa shape index (κ1) is 11.8. The van der Waals surface area contributed by atoms with Crippen molar-refractivity contribution in [2.45, 2.75) is 26.0 Å². The van der Waals surface area contributed by atoms with E-state index in [-0.39, 0.29) is 17.8 Å². The quantitative estimate of drug-likeness (QED) is 0.829. The molecule has 1 N–H and O–H groups in total. The fourth-order valence-corrected chi connectivity index (χ4v) is 2.44. The highest BCUT2D eigenvalue weighted by Gasteiger charge is 2.34. The van der Waals surface area contributed by atoms with Crippen molar-refractivity contribution in [3.05, 3.63) is 16.1 Å². The largest absolute Gasteiger partial charge is 0.461 e. The number of nitrogens with zero attached hydrogens (tertiary/aromatic N) is 1. The zero-order valence-corrected chi connectivity index (χ0v) is 10.2. The molecule has 1 saturated heterocycles. The van der Waals surface area contributed by atoms with Crippen LogP contribution in [0, 0.1) is 0 Å². The molecule has 92 valence electrons. The van der Waals surface area contributed by atoms with Gasteiger partial charge in [-0.15, -0.1) is 11.3 Å². The first-order valence-corrected chi connectivity index (χ1v) is 6.09. The average molecular weight is 256 g/mol. The van der Waals surface area contributed by atoms with E-state index in [2.05, 4.69) is 10.3 Å². The molecule has 1 aliphatic heterocycles. The zero-order valence-electron chi connectivity index (χ0n) is 9.43. The molecule has 0 bridgehead atoms. The maximum absolute atomic E-state index is 11.4. The third kappa shape index (κ3) is 2.38. The molecule has 2 rings (SSSR count). The van der Waals surface area contributed by atoms with Gasteiger partial charge in [-0.3, -0.25) is 0 Å². The third-order valence-electron chi connectivity index (χ3n) is 2.31. The number of rotatable bonds is 3. The standard InChI is InChI=1S/C10H12N2O4S/c1-3-15-9(13)6-4-17-8(11-6)7-5(2)16-10(14)12-7/h4-5,7H,3H2,1-2H3,(H,12,14). The summed E-state index contributed by atoms with van der Waals surface area (Å²) in [5, 5.41) is 4.90.